The molecule has 1 aromatic heterocycles. The van der Waals surface area contributed by atoms with Crippen molar-refractivity contribution in [1.29, 1.82) is 0 Å². The van der Waals surface area contributed by atoms with E-state index in [9.17, 15) is 0 Å². The van der Waals surface area contributed by atoms with Crippen molar-refractivity contribution in [3.05, 3.63) is 46.2 Å². The molecule has 1 heterocycles. The Morgan fingerprint density at radius 1 is 1.30 bits per heavy atom. The van der Waals surface area contributed by atoms with Crippen molar-refractivity contribution >= 4 is 45.9 Å². The average molecular weight is 494 g/mol. The van der Waals surface area contributed by atoms with Gasteiger partial charge in [-0.3, -0.25) is 9.67 Å². The fourth-order valence-electron chi connectivity index (χ4n) is 1.98. The quantitative estimate of drug-likeness (QED) is 0.382. The number of hydrogen-bond acceptors (Lipinski definition) is 3. The molecule has 2 rings (SSSR count). The number of methoxy groups -OCH3 is 1. The number of halogens is 2. The maximum atomic E-state index is 5.23. The van der Waals surface area contributed by atoms with Crippen LogP contribution in [0.1, 0.15) is 11.3 Å². The molecule has 0 bridgehead atoms. The summed E-state index contributed by atoms with van der Waals surface area (Å²) in [6.07, 6.45) is 1.78. The van der Waals surface area contributed by atoms with Crippen LogP contribution in [-0.4, -0.2) is 29.9 Å². The first-order chi connectivity index (χ1) is 10.6. The second kappa shape index (κ2) is 9.76. The minimum atomic E-state index is 0. The van der Waals surface area contributed by atoms with Crippen molar-refractivity contribution in [3.8, 4) is 5.75 Å². The van der Waals surface area contributed by atoms with Crippen LogP contribution in [0, 0.1) is 0 Å². The van der Waals surface area contributed by atoms with Crippen molar-refractivity contribution in [2.24, 2.45) is 12.0 Å². The smallest absolute Gasteiger partial charge is 0.191 e. The van der Waals surface area contributed by atoms with Gasteiger partial charge in [-0.2, -0.15) is 5.10 Å². The first-order valence-corrected chi connectivity index (χ1v) is 7.67. The monoisotopic (exact) mass is 493 g/mol. The predicted molar refractivity (Wildman–Crippen MR) is 106 cm³/mol. The van der Waals surface area contributed by atoms with E-state index in [4.69, 9.17) is 4.74 Å². The Morgan fingerprint density at radius 2 is 2.04 bits per heavy atom. The third kappa shape index (κ3) is 5.69. The molecule has 0 saturated heterocycles. The summed E-state index contributed by atoms with van der Waals surface area (Å²) in [6, 6.07) is 7.96. The molecule has 0 saturated carbocycles. The Morgan fingerprint density at radius 3 is 2.61 bits per heavy atom. The summed E-state index contributed by atoms with van der Waals surface area (Å²) in [5.41, 5.74) is 2.23. The highest BCUT2D eigenvalue weighted by Gasteiger charge is 2.04. The van der Waals surface area contributed by atoms with Crippen LogP contribution >= 0.6 is 39.9 Å². The van der Waals surface area contributed by atoms with Gasteiger partial charge in [-0.1, -0.05) is 6.07 Å². The van der Waals surface area contributed by atoms with Crippen LogP contribution < -0.4 is 15.4 Å². The zero-order chi connectivity index (χ0) is 15.9. The minimum absolute atomic E-state index is 0. The van der Waals surface area contributed by atoms with Gasteiger partial charge in [-0.25, -0.2) is 0 Å². The minimum Gasteiger partial charge on any atom is -0.496 e. The van der Waals surface area contributed by atoms with Crippen LogP contribution in [0.4, 0.5) is 0 Å². The van der Waals surface area contributed by atoms with E-state index in [1.54, 1.807) is 20.4 Å². The average Bonchev–Trinajstić information content (AvgIpc) is 2.93. The molecule has 2 N–H and O–H groups in total. The van der Waals surface area contributed by atoms with Crippen molar-refractivity contribution in [2.45, 2.75) is 13.1 Å². The number of ether oxygens (including phenoxy) is 1. The summed E-state index contributed by atoms with van der Waals surface area (Å²) >= 11 is 3.49. The molecule has 0 radical (unpaired) electrons. The molecule has 126 valence electrons. The number of aryl methyl sites for hydroxylation is 1. The summed E-state index contributed by atoms with van der Waals surface area (Å²) in [5, 5.41) is 10.7. The van der Waals surface area contributed by atoms with Crippen molar-refractivity contribution in [2.75, 3.05) is 14.2 Å². The van der Waals surface area contributed by atoms with Gasteiger partial charge >= 0.3 is 0 Å². The highest BCUT2D eigenvalue weighted by atomic mass is 127. The fourth-order valence-corrected chi connectivity index (χ4v) is 2.56. The third-order valence-corrected chi connectivity index (χ3v) is 3.88. The van der Waals surface area contributed by atoms with E-state index >= 15 is 0 Å². The van der Waals surface area contributed by atoms with Gasteiger partial charge < -0.3 is 15.4 Å². The van der Waals surface area contributed by atoms with Crippen molar-refractivity contribution < 1.29 is 4.74 Å². The van der Waals surface area contributed by atoms with Crippen LogP contribution in [0.25, 0.3) is 0 Å². The highest BCUT2D eigenvalue weighted by Crippen LogP contribution is 2.25. The van der Waals surface area contributed by atoms with Gasteiger partial charge in [0.1, 0.15) is 5.75 Å². The van der Waals surface area contributed by atoms with E-state index in [1.165, 1.54) is 0 Å². The first kappa shape index (κ1) is 19.8. The Hall–Kier alpha value is -1.29. The Balaban J connectivity index is 0.00000264. The van der Waals surface area contributed by atoms with Gasteiger partial charge in [-0.15, -0.1) is 24.0 Å². The summed E-state index contributed by atoms with van der Waals surface area (Å²) in [4.78, 5) is 4.22. The van der Waals surface area contributed by atoms with E-state index in [-0.39, 0.29) is 24.0 Å². The molecule has 2 aromatic rings. The Kier molecular flexibility index (Phi) is 8.38. The molecule has 0 atom stereocenters. The van der Waals surface area contributed by atoms with Crippen molar-refractivity contribution in [1.82, 2.24) is 20.4 Å². The lowest BCUT2D eigenvalue weighted by Crippen LogP contribution is -2.36. The van der Waals surface area contributed by atoms with Gasteiger partial charge in [0.15, 0.2) is 5.96 Å². The van der Waals surface area contributed by atoms with Crippen LogP contribution in [0.15, 0.2) is 39.9 Å². The molecule has 0 fully saturated rings. The predicted octanol–water partition coefficient (Wildman–Crippen LogP) is 2.67. The SMILES string of the molecule is CN=C(NCc1ccc(OC)c(Br)c1)NCc1ccnn1C.I. The first-order valence-electron chi connectivity index (χ1n) is 6.88. The maximum absolute atomic E-state index is 5.23. The number of nitrogens with one attached hydrogen (secondary N) is 2. The van der Waals surface area contributed by atoms with Gasteiger partial charge in [0.2, 0.25) is 0 Å². The lowest BCUT2D eigenvalue weighted by molar-refractivity contribution is 0.412. The second-order valence-corrected chi connectivity index (χ2v) is 5.55. The topological polar surface area (TPSA) is 63.5 Å². The molecule has 0 amide bonds. The summed E-state index contributed by atoms with van der Waals surface area (Å²) < 4.78 is 8.00. The molecule has 1 aromatic carbocycles. The van der Waals surface area contributed by atoms with Gasteiger partial charge in [0, 0.05) is 26.8 Å². The largest absolute Gasteiger partial charge is 0.496 e. The standard InChI is InChI=1S/C15H20BrN5O.HI/c1-17-15(19-10-12-6-7-20-21(12)2)18-9-11-4-5-14(22-3)13(16)8-11;/h4-8H,9-10H2,1-3H3,(H2,17,18,19);1H. The molecule has 23 heavy (non-hydrogen) atoms. The van der Waals surface area contributed by atoms with E-state index in [1.807, 2.05) is 36.0 Å². The lowest BCUT2D eigenvalue weighted by Gasteiger charge is -2.13. The van der Waals surface area contributed by atoms with E-state index in [0.29, 0.717) is 13.1 Å². The summed E-state index contributed by atoms with van der Waals surface area (Å²) in [7, 11) is 5.33. The van der Waals surface area contributed by atoms with E-state index < -0.39 is 0 Å². The number of nitrogens with zero attached hydrogens (tertiary/aromatic N) is 3. The van der Waals surface area contributed by atoms with Gasteiger partial charge in [0.05, 0.1) is 23.8 Å². The molecule has 0 aliphatic heterocycles. The number of aliphatic imine (C=N–C) groups is 1. The number of hydrogen-bond donors (Lipinski definition) is 2. The highest BCUT2D eigenvalue weighted by molar-refractivity contribution is 14.0. The Bertz CT molecular complexity index is 659. The van der Waals surface area contributed by atoms with Crippen LogP contribution in [0.3, 0.4) is 0 Å². The third-order valence-electron chi connectivity index (χ3n) is 3.26. The van der Waals surface area contributed by atoms with Gasteiger partial charge in [-0.05, 0) is 39.7 Å². The Labute approximate surface area is 161 Å². The molecular formula is C15H21BrIN5O. The molecular weight excluding hydrogens is 473 g/mol. The number of benzene rings is 1. The molecule has 6 nitrogen and oxygen atoms in total. The molecule has 0 aliphatic carbocycles. The summed E-state index contributed by atoms with van der Waals surface area (Å²) in [5.74, 6) is 1.57. The van der Waals surface area contributed by atoms with E-state index in [2.05, 4.69) is 36.7 Å². The van der Waals surface area contributed by atoms with Crippen LogP contribution in [0.5, 0.6) is 5.75 Å². The zero-order valence-corrected chi connectivity index (χ0v) is 17.3. The number of guanidine groups is 1. The molecule has 0 aliphatic rings. The van der Waals surface area contributed by atoms with Gasteiger partial charge in [0.25, 0.3) is 0 Å². The summed E-state index contributed by atoms with van der Waals surface area (Å²) in [6.45, 7) is 1.34. The number of aromatic nitrogens is 2. The molecule has 0 unspecified atom stereocenters. The van der Waals surface area contributed by atoms with Crippen molar-refractivity contribution in [3.63, 3.8) is 0 Å². The lowest BCUT2D eigenvalue weighted by atomic mass is 10.2. The maximum Gasteiger partial charge on any atom is 0.191 e. The second-order valence-electron chi connectivity index (χ2n) is 4.69. The van der Waals surface area contributed by atoms with Crippen LogP contribution in [0.2, 0.25) is 0 Å². The molecule has 8 heteroatoms. The zero-order valence-electron chi connectivity index (χ0n) is 13.3. The molecule has 0 spiro atoms. The number of rotatable bonds is 5. The van der Waals surface area contributed by atoms with E-state index in [0.717, 1.165) is 27.4 Å². The fraction of sp³-hybridized carbons (Fsp3) is 0.333. The van der Waals surface area contributed by atoms with Crippen LogP contribution in [-0.2, 0) is 20.1 Å². The normalized spacial score (nSPS) is 10.9.